The quantitative estimate of drug-likeness (QED) is 0.851. The van der Waals surface area contributed by atoms with Gasteiger partial charge in [-0.2, -0.15) is 0 Å². The third-order valence-electron chi connectivity index (χ3n) is 4.00. The molecule has 19 heavy (non-hydrogen) atoms. The highest BCUT2D eigenvalue weighted by atomic mass is 16.5. The molecule has 106 valence electrons. The second-order valence-electron chi connectivity index (χ2n) is 5.58. The van der Waals surface area contributed by atoms with Gasteiger partial charge in [-0.05, 0) is 56.6 Å². The molecule has 1 aliphatic heterocycles. The largest absolute Gasteiger partial charge is 0.380 e. The number of methoxy groups -OCH3 is 1. The Morgan fingerprint density at radius 3 is 2.58 bits per heavy atom. The summed E-state index contributed by atoms with van der Waals surface area (Å²) in [6.07, 6.45) is 2.65. The predicted octanol–water partition coefficient (Wildman–Crippen LogP) is 2.26. The van der Waals surface area contributed by atoms with E-state index in [4.69, 9.17) is 4.74 Å². The van der Waals surface area contributed by atoms with Crippen molar-refractivity contribution in [1.82, 2.24) is 10.2 Å². The standard InChI is InChI=1S/C16H26N2O/c1-18-9-7-14(8-10-18)11-17-12-15-5-3-4-6-16(15)13-19-2/h3-6,14,17H,7-13H2,1-2H3. The molecular formula is C16H26N2O. The molecule has 0 unspecified atom stereocenters. The summed E-state index contributed by atoms with van der Waals surface area (Å²) in [6, 6.07) is 8.52. The SMILES string of the molecule is COCc1ccccc1CNCC1CCN(C)CC1. The number of nitrogens with one attached hydrogen (secondary N) is 1. The molecule has 0 bridgehead atoms. The minimum absolute atomic E-state index is 0.700. The number of benzene rings is 1. The van der Waals surface area contributed by atoms with Gasteiger partial charge in [0.05, 0.1) is 6.61 Å². The van der Waals surface area contributed by atoms with Crippen molar-refractivity contribution in [1.29, 1.82) is 0 Å². The van der Waals surface area contributed by atoms with Crippen LogP contribution in [-0.4, -0.2) is 38.7 Å². The molecule has 0 aliphatic carbocycles. The molecule has 3 heteroatoms. The highest BCUT2D eigenvalue weighted by Crippen LogP contribution is 2.15. The number of ether oxygens (including phenoxy) is 1. The van der Waals surface area contributed by atoms with Gasteiger partial charge in [-0.25, -0.2) is 0 Å². The van der Waals surface area contributed by atoms with Crippen LogP contribution in [0.5, 0.6) is 0 Å². The fourth-order valence-corrected chi connectivity index (χ4v) is 2.70. The van der Waals surface area contributed by atoms with Gasteiger partial charge in [0.2, 0.25) is 0 Å². The van der Waals surface area contributed by atoms with E-state index < -0.39 is 0 Å². The number of hydrogen-bond acceptors (Lipinski definition) is 3. The summed E-state index contributed by atoms with van der Waals surface area (Å²) in [6.45, 7) is 5.27. The first-order valence-electron chi connectivity index (χ1n) is 7.24. The smallest absolute Gasteiger partial charge is 0.0716 e. The Balaban J connectivity index is 1.76. The van der Waals surface area contributed by atoms with Gasteiger partial charge in [0, 0.05) is 13.7 Å². The Hall–Kier alpha value is -0.900. The van der Waals surface area contributed by atoms with Crippen LogP contribution in [0.4, 0.5) is 0 Å². The molecule has 1 saturated heterocycles. The summed E-state index contributed by atoms with van der Waals surface area (Å²) in [7, 11) is 3.97. The van der Waals surface area contributed by atoms with E-state index in [9.17, 15) is 0 Å². The molecule has 1 heterocycles. The molecule has 2 rings (SSSR count). The van der Waals surface area contributed by atoms with Crippen molar-refractivity contribution in [3.63, 3.8) is 0 Å². The predicted molar refractivity (Wildman–Crippen MR) is 79.1 cm³/mol. The average Bonchev–Trinajstić information content (AvgIpc) is 2.43. The Morgan fingerprint density at radius 1 is 1.21 bits per heavy atom. The fraction of sp³-hybridized carbons (Fsp3) is 0.625. The molecule has 0 radical (unpaired) electrons. The zero-order valence-corrected chi connectivity index (χ0v) is 12.2. The Labute approximate surface area is 116 Å². The average molecular weight is 262 g/mol. The van der Waals surface area contributed by atoms with Crippen molar-refractivity contribution in [2.75, 3.05) is 33.8 Å². The van der Waals surface area contributed by atoms with Crippen molar-refractivity contribution in [3.05, 3.63) is 35.4 Å². The number of rotatable bonds is 6. The minimum atomic E-state index is 0.700. The van der Waals surface area contributed by atoms with Gasteiger partial charge >= 0.3 is 0 Å². The molecule has 3 nitrogen and oxygen atoms in total. The lowest BCUT2D eigenvalue weighted by Gasteiger charge is -2.29. The Kier molecular flexibility index (Phi) is 5.83. The highest BCUT2D eigenvalue weighted by Gasteiger charge is 2.15. The lowest BCUT2D eigenvalue weighted by atomic mass is 9.97. The van der Waals surface area contributed by atoms with Crippen LogP contribution in [0, 0.1) is 5.92 Å². The number of likely N-dealkylation sites (tertiary alicyclic amines) is 1. The van der Waals surface area contributed by atoms with E-state index in [0.29, 0.717) is 6.61 Å². The molecule has 0 amide bonds. The summed E-state index contributed by atoms with van der Waals surface area (Å²) in [5.41, 5.74) is 2.65. The van der Waals surface area contributed by atoms with Crippen LogP contribution in [0.1, 0.15) is 24.0 Å². The fourth-order valence-electron chi connectivity index (χ4n) is 2.70. The van der Waals surface area contributed by atoms with Gasteiger partial charge in [0.15, 0.2) is 0 Å². The zero-order valence-electron chi connectivity index (χ0n) is 12.2. The Bertz CT molecular complexity index is 373. The van der Waals surface area contributed by atoms with Gasteiger partial charge in [0.1, 0.15) is 0 Å². The minimum Gasteiger partial charge on any atom is -0.380 e. The normalized spacial score (nSPS) is 17.8. The third kappa shape index (κ3) is 4.60. The summed E-state index contributed by atoms with van der Waals surface area (Å²) < 4.78 is 5.24. The molecule has 0 spiro atoms. The molecule has 1 fully saturated rings. The first kappa shape index (κ1) is 14.5. The van der Waals surface area contributed by atoms with E-state index in [1.807, 2.05) is 0 Å². The lowest BCUT2D eigenvalue weighted by molar-refractivity contribution is 0.184. The monoisotopic (exact) mass is 262 g/mol. The van der Waals surface area contributed by atoms with Crippen molar-refractivity contribution in [3.8, 4) is 0 Å². The summed E-state index contributed by atoms with van der Waals surface area (Å²) in [5.74, 6) is 0.839. The van der Waals surface area contributed by atoms with Crippen LogP contribution in [-0.2, 0) is 17.9 Å². The first-order chi connectivity index (χ1) is 9.29. The highest BCUT2D eigenvalue weighted by molar-refractivity contribution is 5.26. The Morgan fingerprint density at radius 2 is 1.89 bits per heavy atom. The molecular weight excluding hydrogens is 236 g/mol. The van der Waals surface area contributed by atoms with Gasteiger partial charge in [-0.3, -0.25) is 0 Å². The van der Waals surface area contributed by atoms with Crippen LogP contribution in [0.25, 0.3) is 0 Å². The van der Waals surface area contributed by atoms with Crippen LogP contribution >= 0.6 is 0 Å². The number of piperidine rings is 1. The number of hydrogen-bond donors (Lipinski definition) is 1. The van der Waals surface area contributed by atoms with Gasteiger partial charge in [-0.15, -0.1) is 0 Å². The maximum Gasteiger partial charge on any atom is 0.0716 e. The molecule has 1 N–H and O–H groups in total. The van der Waals surface area contributed by atoms with E-state index in [-0.39, 0.29) is 0 Å². The van der Waals surface area contributed by atoms with E-state index in [0.717, 1.165) is 19.0 Å². The maximum atomic E-state index is 5.24. The van der Waals surface area contributed by atoms with E-state index in [2.05, 4.69) is 41.5 Å². The third-order valence-corrected chi connectivity index (χ3v) is 4.00. The van der Waals surface area contributed by atoms with E-state index in [1.54, 1.807) is 7.11 Å². The maximum absolute atomic E-state index is 5.24. The molecule has 0 aromatic heterocycles. The van der Waals surface area contributed by atoms with Crippen LogP contribution in [0.15, 0.2) is 24.3 Å². The summed E-state index contributed by atoms with van der Waals surface area (Å²) in [4.78, 5) is 2.42. The number of nitrogens with zero attached hydrogens (tertiary/aromatic N) is 1. The van der Waals surface area contributed by atoms with Gasteiger partial charge in [0.25, 0.3) is 0 Å². The van der Waals surface area contributed by atoms with E-state index in [1.165, 1.54) is 37.1 Å². The van der Waals surface area contributed by atoms with Gasteiger partial charge in [-0.1, -0.05) is 24.3 Å². The molecule has 1 aromatic carbocycles. The van der Waals surface area contributed by atoms with Crippen LogP contribution < -0.4 is 5.32 Å². The van der Waals surface area contributed by atoms with Gasteiger partial charge < -0.3 is 15.0 Å². The van der Waals surface area contributed by atoms with Crippen molar-refractivity contribution < 1.29 is 4.74 Å². The second kappa shape index (κ2) is 7.63. The zero-order chi connectivity index (χ0) is 13.5. The molecule has 1 aliphatic rings. The summed E-state index contributed by atoms with van der Waals surface area (Å²) in [5, 5.41) is 3.61. The molecule has 0 saturated carbocycles. The molecule has 1 aromatic rings. The van der Waals surface area contributed by atoms with E-state index >= 15 is 0 Å². The topological polar surface area (TPSA) is 24.5 Å². The van der Waals surface area contributed by atoms with Crippen molar-refractivity contribution in [2.45, 2.75) is 26.0 Å². The van der Waals surface area contributed by atoms with Crippen molar-refractivity contribution in [2.24, 2.45) is 5.92 Å². The van der Waals surface area contributed by atoms with Crippen LogP contribution in [0.2, 0.25) is 0 Å². The van der Waals surface area contributed by atoms with Crippen LogP contribution in [0.3, 0.4) is 0 Å². The summed E-state index contributed by atoms with van der Waals surface area (Å²) >= 11 is 0. The van der Waals surface area contributed by atoms with Crippen molar-refractivity contribution >= 4 is 0 Å². The second-order valence-corrected chi connectivity index (χ2v) is 5.58. The molecule has 0 atom stereocenters. The lowest BCUT2D eigenvalue weighted by Crippen LogP contribution is -2.34. The first-order valence-corrected chi connectivity index (χ1v) is 7.24.